The third kappa shape index (κ3) is 48.4. The number of unbranched alkanes of at least 4 members (excludes halogenated alkanes) is 29. The molecule has 0 aliphatic rings. The number of allylic oxidation sites excluding steroid dienone is 8. The number of carbonyl (C=O) groups excluding carboxylic acids is 3. The van der Waals surface area contributed by atoms with Gasteiger partial charge in [0.05, 0.1) is 0 Å². The first kappa shape index (κ1) is 59.4. The minimum absolute atomic E-state index is 0.0886. The van der Waals surface area contributed by atoms with E-state index in [-0.39, 0.29) is 37.5 Å². The zero-order valence-corrected chi connectivity index (χ0v) is 41.1. The molecule has 0 N–H and O–H groups in total. The molecule has 360 valence electrons. The number of carbonyl (C=O) groups is 3. The van der Waals surface area contributed by atoms with Gasteiger partial charge in [-0.15, -0.1) is 0 Å². The molecule has 0 saturated heterocycles. The second-order valence-corrected chi connectivity index (χ2v) is 17.8. The van der Waals surface area contributed by atoms with E-state index in [0.29, 0.717) is 19.3 Å². The van der Waals surface area contributed by atoms with Crippen LogP contribution in [0.3, 0.4) is 0 Å². The van der Waals surface area contributed by atoms with Crippen molar-refractivity contribution in [2.75, 3.05) is 13.2 Å². The van der Waals surface area contributed by atoms with E-state index in [1.54, 1.807) is 0 Å². The molecular weight excluding hydrogens is 769 g/mol. The van der Waals surface area contributed by atoms with Crippen LogP contribution in [-0.2, 0) is 28.6 Å². The lowest BCUT2D eigenvalue weighted by Gasteiger charge is -2.18. The third-order valence-corrected chi connectivity index (χ3v) is 11.6. The topological polar surface area (TPSA) is 78.9 Å². The lowest BCUT2D eigenvalue weighted by Crippen LogP contribution is -2.30. The molecule has 0 fully saturated rings. The molecule has 0 spiro atoms. The van der Waals surface area contributed by atoms with E-state index in [1.165, 1.54) is 154 Å². The van der Waals surface area contributed by atoms with E-state index in [9.17, 15) is 14.4 Å². The van der Waals surface area contributed by atoms with Crippen LogP contribution in [-0.4, -0.2) is 37.2 Å². The van der Waals surface area contributed by atoms with Gasteiger partial charge in [-0.1, -0.05) is 223 Å². The SMILES string of the molecule is CCCC/C=C\CCCCCCCC(=O)OC[C@H](COC(=O)CCCCCCCCCCCCCCCCCCCC)OC(=O)CCCC/C=C\C/C=C\C/C=C\CCCCC. The van der Waals surface area contributed by atoms with Crippen LogP contribution in [0.25, 0.3) is 0 Å². The fraction of sp³-hybridized carbons (Fsp3) is 0.804. The zero-order valence-electron chi connectivity index (χ0n) is 41.1. The summed E-state index contributed by atoms with van der Waals surface area (Å²) in [4.78, 5) is 37.9. The van der Waals surface area contributed by atoms with E-state index in [4.69, 9.17) is 14.2 Å². The maximum atomic E-state index is 12.8. The van der Waals surface area contributed by atoms with Crippen molar-refractivity contribution in [1.82, 2.24) is 0 Å². The first-order chi connectivity index (χ1) is 30.5. The van der Waals surface area contributed by atoms with E-state index < -0.39 is 6.10 Å². The molecule has 0 aliphatic carbocycles. The first-order valence-electron chi connectivity index (χ1n) is 26.6. The maximum absolute atomic E-state index is 12.8. The summed E-state index contributed by atoms with van der Waals surface area (Å²) in [5.74, 6) is -0.929. The molecule has 1 atom stereocenters. The molecule has 0 aliphatic heterocycles. The fourth-order valence-corrected chi connectivity index (χ4v) is 7.49. The molecule has 0 aromatic heterocycles. The van der Waals surface area contributed by atoms with Gasteiger partial charge in [-0.25, -0.2) is 0 Å². The summed E-state index contributed by atoms with van der Waals surface area (Å²) < 4.78 is 16.8. The molecule has 0 heterocycles. The Morgan fingerprint density at radius 1 is 0.323 bits per heavy atom. The predicted octanol–water partition coefficient (Wildman–Crippen LogP) is 17.5. The van der Waals surface area contributed by atoms with Gasteiger partial charge in [0.25, 0.3) is 0 Å². The predicted molar refractivity (Wildman–Crippen MR) is 265 cm³/mol. The van der Waals surface area contributed by atoms with Gasteiger partial charge in [-0.3, -0.25) is 14.4 Å². The molecule has 0 bridgehead atoms. The Balaban J connectivity index is 4.37. The van der Waals surface area contributed by atoms with Crippen molar-refractivity contribution in [2.24, 2.45) is 0 Å². The Kier molecular flexibility index (Phi) is 48.8. The van der Waals surface area contributed by atoms with Gasteiger partial charge in [-0.2, -0.15) is 0 Å². The average molecular weight is 869 g/mol. The Hall–Kier alpha value is -2.63. The van der Waals surface area contributed by atoms with Gasteiger partial charge in [0.15, 0.2) is 6.10 Å². The van der Waals surface area contributed by atoms with E-state index in [2.05, 4.69) is 69.4 Å². The molecule has 6 nitrogen and oxygen atoms in total. The molecule has 0 aromatic carbocycles. The van der Waals surface area contributed by atoms with Crippen LogP contribution in [0, 0.1) is 0 Å². The number of hydrogen-bond acceptors (Lipinski definition) is 6. The largest absolute Gasteiger partial charge is 0.462 e. The standard InChI is InChI=1S/C56H100O6/c1-4-7-10-13-16-19-22-24-26-27-28-30-31-34-37-40-43-46-49-55(58)61-52-53(51-60-54(57)48-45-42-39-36-33-21-18-15-12-9-6-3)62-56(59)50-47-44-41-38-35-32-29-25-23-20-17-14-11-8-5-2/h15,17-18,20,25,29,35,38,53H,4-14,16,19,21-24,26-28,30-34,36-37,39-52H2,1-3H3/b18-15-,20-17-,29-25-,38-35-/t53-/m1/s1. The molecule has 0 amide bonds. The summed E-state index contributed by atoms with van der Waals surface area (Å²) in [6.07, 6.45) is 61.0. The summed E-state index contributed by atoms with van der Waals surface area (Å²) in [5.41, 5.74) is 0. The number of esters is 3. The molecular formula is C56H100O6. The lowest BCUT2D eigenvalue weighted by atomic mass is 10.0. The van der Waals surface area contributed by atoms with Crippen LogP contribution in [0.4, 0.5) is 0 Å². The van der Waals surface area contributed by atoms with Crippen LogP contribution in [0.5, 0.6) is 0 Å². The highest BCUT2D eigenvalue weighted by Gasteiger charge is 2.19. The number of ether oxygens (including phenoxy) is 3. The van der Waals surface area contributed by atoms with Crippen LogP contribution >= 0.6 is 0 Å². The number of rotatable bonds is 48. The highest BCUT2D eigenvalue weighted by molar-refractivity contribution is 5.71. The summed E-state index contributed by atoms with van der Waals surface area (Å²) in [6.45, 7) is 6.55. The van der Waals surface area contributed by atoms with E-state index >= 15 is 0 Å². The quantitative estimate of drug-likeness (QED) is 0.0262. The molecule has 0 unspecified atom stereocenters. The van der Waals surface area contributed by atoms with Crippen LogP contribution < -0.4 is 0 Å². The molecule has 6 heteroatoms. The van der Waals surface area contributed by atoms with Gasteiger partial charge in [-0.05, 0) is 77.0 Å². The Morgan fingerprint density at radius 3 is 1.03 bits per heavy atom. The van der Waals surface area contributed by atoms with Crippen molar-refractivity contribution in [3.63, 3.8) is 0 Å². The van der Waals surface area contributed by atoms with Crippen LogP contribution in [0.1, 0.15) is 271 Å². The minimum Gasteiger partial charge on any atom is -0.462 e. The maximum Gasteiger partial charge on any atom is 0.306 e. The third-order valence-electron chi connectivity index (χ3n) is 11.6. The van der Waals surface area contributed by atoms with Crippen LogP contribution in [0.2, 0.25) is 0 Å². The van der Waals surface area contributed by atoms with E-state index in [1.807, 2.05) is 0 Å². The second-order valence-electron chi connectivity index (χ2n) is 17.8. The molecule has 0 saturated carbocycles. The van der Waals surface area contributed by atoms with E-state index in [0.717, 1.165) is 70.6 Å². The molecule has 0 radical (unpaired) electrons. The van der Waals surface area contributed by atoms with Crippen LogP contribution in [0.15, 0.2) is 48.6 Å². The highest BCUT2D eigenvalue weighted by Crippen LogP contribution is 2.16. The van der Waals surface area contributed by atoms with Gasteiger partial charge in [0.2, 0.25) is 0 Å². The monoisotopic (exact) mass is 869 g/mol. The smallest absolute Gasteiger partial charge is 0.306 e. The lowest BCUT2D eigenvalue weighted by molar-refractivity contribution is -0.167. The van der Waals surface area contributed by atoms with Gasteiger partial charge >= 0.3 is 17.9 Å². The van der Waals surface area contributed by atoms with Crippen molar-refractivity contribution < 1.29 is 28.6 Å². The van der Waals surface area contributed by atoms with Gasteiger partial charge in [0.1, 0.15) is 13.2 Å². The Morgan fingerprint density at radius 2 is 0.597 bits per heavy atom. The highest BCUT2D eigenvalue weighted by atomic mass is 16.6. The van der Waals surface area contributed by atoms with Gasteiger partial charge in [0, 0.05) is 19.3 Å². The van der Waals surface area contributed by atoms with Crippen molar-refractivity contribution in [1.29, 1.82) is 0 Å². The summed E-state index contributed by atoms with van der Waals surface area (Å²) in [7, 11) is 0. The fourth-order valence-electron chi connectivity index (χ4n) is 7.49. The van der Waals surface area contributed by atoms with Crippen molar-refractivity contribution in [2.45, 2.75) is 277 Å². The summed E-state index contributed by atoms with van der Waals surface area (Å²) in [6, 6.07) is 0. The average Bonchev–Trinajstić information content (AvgIpc) is 3.27. The molecule has 0 aromatic rings. The minimum atomic E-state index is -0.793. The van der Waals surface area contributed by atoms with Crippen molar-refractivity contribution in [3.8, 4) is 0 Å². The molecule has 62 heavy (non-hydrogen) atoms. The first-order valence-corrected chi connectivity index (χ1v) is 26.6. The zero-order chi connectivity index (χ0) is 45.1. The Bertz CT molecular complexity index is 1090. The normalized spacial score (nSPS) is 12.4. The summed E-state index contributed by atoms with van der Waals surface area (Å²) >= 11 is 0. The van der Waals surface area contributed by atoms with Crippen molar-refractivity contribution >= 4 is 17.9 Å². The second kappa shape index (κ2) is 51.0. The molecule has 0 rings (SSSR count). The van der Waals surface area contributed by atoms with Crippen molar-refractivity contribution in [3.05, 3.63) is 48.6 Å². The summed E-state index contributed by atoms with van der Waals surface area (Å²) in [5, 5.41) is 0. The number of hydrogen-bond donors (Lipinski definition) is 0. The Labute approximate surface area is 384 Å². The van der Waals surface area contributed by atoms with Gasteiger partial charge < -0.3 is 14.2 Å².